The van der Waals surface area contributed by atoms with E-state index >= 15 is 0 Å². The number of carbonyl (C=O) groups excluding carboxylic acids is 1. The predicted molar refractivity (Wildman–Crippen MR) is 151 cm³/mol. The van der Waals surface area contributed by atoms with Crippen molar-refractivity contribution in [3.05, 3.63) is 94.0 Å². The summed E-state index contributed by atoms with van der Waals surface area (Å²) in [5, 5.41) is 9.62. The summed E-state index contributed by atoms with van der Waals surface area (Å²) in [4.78, 5) is 22.2. The maximum absolute atomic E-state index is 13.5. The molecule has 3 aromatic rings. The topological polar surface area (TPSA) is 65.2 Å². The van der Waals surface area contributed by atoms with Crippen molar-refractivity contribution in [3.8, 4) is 6.07 Å². The molecule has 1 saturated carbocycles. The van der Waals surface area contributed by atoms with E-state index in [0.717, 1.165) is 36.5 Å². The first-order valence-electron chi connectivity index (χ1n) is 13.6. The van der Waals surface area contributed by atoms with Crippen LogP contribution in [0.15, 0.2) is 61.1 Å². The molecule has 2 aromatic carbocycles. The number of nitrogens with zero attached hydrogens (tertiary/aromatic N) is 5. The highest BCUT2D eigenvalue weighted by Crippen LogP contribution is 2.27. The Balaban J connectivity index is 1.19. The Bertz CT molecular complexity index is 1310. The Morgan fingerprint density at radius 2 is 1.79 bits per heavy atom. The van der Waals surface area contributed by atoms with Crippen LogP contribution in [0, 0.1) is 17.2 Å². The standard InChI is InChI=1S/C31H34ClN5O/c32-28-13-12-27(11-10-24-4-2-1-3-5-24)30(18-28)31(38)36-16-14-35(15-17-36)22-29-20-34-23-37(29)21-26-8-6-25(19-33)7-9-26/h6-13,18,20,23-24H,1-5,14-17,21-22H2/b11-10+. The first kappa shape index (κ1) is 26.2. The van der Waals surface area contributed by atoms with Crippen LogP contribution in [0.4, 0.5) is 0 Å². The minimum atomic E-state index is 0.0568. The number of imidazole rings is 1. The molecular weight excluding hydrogens is 494 g/mol. The maximum Gasteiger partial charge on any atom is 0.254 e. The van der Waals surface area contributed by atoms with Crippen molar-refractivity contribution in [1.82, 2.24) is 19.4 Å². The molecule has 1 saturated heterocycles. The number of amides is 1. The average molecular weight is 528 g/mol. The molecule has 2 aliphatic rings. The largest absolute Gasteiger partial charge is 0.336 e. The number of carbonyl (C=O) groups is 1. The highest BCUT2D eigenvalue weighted by molar-refractivity contribution is 6.31. The van der Waals surface area contributed by atoms with Gasteiger partial charge in [0.15, 0.2) is 0 Å². The number of benzene rings is 2. The average Bonchev–Trinajstić information content (AvgIpc) is 3.39. The molecule has 2 fully saturated rings. The first-order valence-corrected chi connectivity index (χ1v) is 13.9. The molecule has 1 aromatic heterocycles. The molecule has 7 heteroatoms. The molecule has 38 heavy (non-hydrogen) atoms. The molecule has 5 rings (SSSR count). The van der Waals surface area contributed by atoms with Crippen LogP contribution in [0.25, 0.3) is 6.08 Å². The summed E-state index contributed by atoms with van der Waals surface area (Å²) in [5.74, 6) is 0.664. The Labute approximate surface area is 230 Å². The lowest BCUT2D eigenvalue weighted by Crippen LogP contribution is -2.48. The molecule has 0 bridgehead atoms. The summed E-state index contributed by atoms with van der Waals surface area (Å²) >= 11 is 6.31. The summed E-state index contributed by atoms with van der Waals surface area (Å²) < 4.78 is 2.15. The molecular formula is C31H34ClN5O. The van der Waals surface area contributed by atoms with Crippen molar-refractivity contribution >= 4 is 23.6 Å². The Kier molecular flexibility index (Phi) is 8.58. The number of allylic oxidation sites excluding steroid dienone is 1. The molecule has 1 amide bonds. The lowest BCUT2D eigenvalue weighted by Gasteiger charge is -2.35. The fourth-order valence-corrected chi connectivity index (χ4v) is 5.61. The van der Waals surface area contributed by atoms with E-state index in [1.54, 1.807) is 0 Å². The molecule has 0 spiro atoms. The number of rotatable bonds is 7. The van der Waals surface area contributed by atoms with Gasteiger partial charge in [-0.1, -0.05) is 61.2 Å². The number of nitriles is 1. The molecule has 1 aliphatic carbocycles. The molecule has 0 radical (unpaired) electrons. The van der Waals surface area contributed by atoms with E-state index in [9.17, 15) is 4.79 Å². The van der Waals surface area contributed by atoms with Crippen molar-refractivity contribution < 1.29 is 4.79 Å². The van der Waals surface area contributed by atoms with E-state index in [-0.39, 0.29) is 5.91 Å². The van der Waals surface area contributed by atoms with Crippen LogP contribution in [-0.2, 0) is 13.1 Å². The Hall–Kier alpha value is -3.40. The summed E-state index contributed by atoms with van der Waals surface area (Å²) in [6.45, 7) is 4.47. The second kappa shape index (κ2) is 12.4. The molecule has 0 atom stereocenters. The number of aromatic nitrogens is 2. The second-order valence-corrected chi connectivity index (χ2v) is 10.8. The van der Waals surface area contributed by atoms with Gasteiger partial charge in [0.05, 0.1) is 23.7 Å². The van der Waals surface area contributed by atoms with Gasteiger partial charge in [-0.25, -0.2) is 4.98 Å². The molecule has 1 aliphatic heterocycles. The van der Waals surface area contributed by atoms with Crippen LogP contribution in [0.2, 0.25) is 5.02 Å². The summed E-state index contributed by atoms with van der Waals surface area (Å²) in [7, 11) is 0. The zero-order valence-electron chi connectivity index (χ0n) is 21.7. The van der Waals surface area contributed by atoms with Gasteiger partial charge in [0.2, 0.25) is 0 Å². The fraction of sp³-hybridized carbons (Fsp3) is 0.387. The highest BCUT2D eigenvalue weighted by Gasteiger charge is 2.24. The quantitative estimate of drug-likeness (QED) is 0.377. The lowest BCUT2D eigenvalue weighted by atomic mass is 9.88. The first-order chi connectivity index (χ1) is 18.6. The van der Waals surface area contributed by atoms with Crippen LogP contribution >= 0.6 is 11.6 Å². The zero-order chi connectivity index (χ0) is 26.3. The normalized spacial score (nSPS) is 17.1. The number of halogens is 1. The maximum atomic E-state index is 13.5. The van der Waals surface area contributed by atoms with Gasteiger partial charge in [-0.15, -0.1) is 0 Å². The van der Waals surface area contributed by atoms with Crippen molar-refractivity contribution in [2.45, 2.75) is 45.2 Å². The SMILES string of the molecule is N#Cc1ccc(Cn2cncc2CN2CCN(C(=O)c3cc(Cl)ccc3/C=C/C3CCCCC3)CC2)cc1. The van der Waals surface area contributed by atoms with Crippen molar-refractivity contribution in [3.63, 3.8) is 0 Å². The summed E-state index contributed by atoms with van der Waals surface area (Å²) in [6, 6.07) is 15.5. The number of piperazine rings is 1. The van der Waals surface area contributed by atoms with E-state index in [1.165, 1.54) is 32.1 Å². The van der Waals surface area contributed by atoms with E-state index in [2.05, 4.69) is 32.7 Å². The molecule has 6 nitrogen and oxygen atoms in total. The predicted octanol–water partition coefficient (Wildman–Crippen LogP) is 6.01. The number of hydrogen-bond acceptors (Lipinski definition) is 4. The van der Waals surface area contributed by atoms with Gasteiger partial charge >= 0.3 is 0 Å². The Morgan fingerprint density at radius 1 is 1.03 bits per heavy atom. The minimum Gasteiger partial charge on any atom is -0.336 e. The third-order valence-corrected chi connectivity index (χ3v) is 7.96. The van der Waals surface area contributed by atoms with Crippen LogP contribution in [0.5, 0.6) is 0 Å². The van der Waals surface area contributed by atoms with Crippen LogP contribution in [-0.4, -0.2) is 51.4 Å². The molecule has 196 valence electrons. The number of hydrogen-bond donors (Lipinski definition) is 0. The van der Waals surface area contributed by atoms with Gasteiger partial charge < -0.3 is 9.47 Å². The van der Waals surface area contributed by atoms with Crippen LogP contribution in [0.3, 0.4) is 0 Å². The molecule has 2 heterocycles. The third kappa shape index (κ3) is 6.53. The minimum absolute atomic E-state index is 0.0568. The Morgan fingerprint density at radius 3 is 2.53 bits per heavy atom. The molecule has 0 N–H and O–H groups in total. The smallest absolute Gasteiger partial charge is 0.254 e. The van der Waals surface area contributed by atoms with Crippen LogP contribution < -0.4 is 0 Å². The van der Waals surface area contributed by atoms with E-state index in [4.69, 9.17) is 16.9 Å². The summed E-state index contributed by atoms with van der Waals surface area (Å²) in [5.41, 5.74) is 4.59. The highest BCUT2D eigenvalue weighted by atomic mass is 35.5. The van der Waals surface area contributed by atoms with Gasteiger partial charge in [-0.2, -0.15) is 5.26 Å². The van der Waals surface area contributed by atoms with E-state index < -0.39 is 0 Å². The zero-order valence-corrected chi connectivity index (χ0v) is 22.5. The van der Waals surface area contributed by atoms with E-state index in [1.807, 2.05) is 59.9 Å². The van der Waals surface area contributed by atoms with Gasteiger partial charge in [0.1, 0.15) is 0 Å². The van der Waals surface area contributed by atoms with Crippen LogP contribution in [0.1, 0.15) is 64.8 Å². The van der Waals surface area contributed by atoms with Gasteiger partial charge in [-0.05, 0) is 54.2 Å². The summed E-state index contributed by atoms with van der Waals surface area (Å²) in [6.07, 6.45) is 14.6. The second-order valence-electron chi connectivity index (χ2n) is 10.4. The third-order valence-electron chi connectivity index (χ3n) is 7.72. The lowest BCUT2D eigenvalue weighted by molar-refractivity contribution is 0.0625. The van der Waals surface area contributed by atoms with E-state index in [0.29, 0.717) is 41.7 Å². The molecule has 0 unspecified atom stereocenters. The van der Waals surface area contributed by atoms with Gasteiger partial charge in [0.25, 0.3) is 5.91 Å². The van der Waals surface area contributed by atoms with Gasteiger partial charge in [0, 0.05) is 56.1 Å². The van der Waals surface area contributed by atoms with Crippen molar-refractivity contribution in [2.24, 2.45) is 5.92 Å². The fourth-order valence-electron chi connectivity index (χ4n) is 5.44. The monoisotopic (exact) mass is 527 g/mol. The van der Waals surface area contributed by atoms with Crippen molar-refractivity contribution in [1.29, 1.82) is 5.26 Å². The van der Waals surface area contributed by atoms with Crippen molar-refractivity contribution in [2.75, 3.05) is 26.2 Å². The van der Waals surface area contributed by atoms with Gasteiger partial charge in [-0.3, -0.25) is 9.69 Å².